The fourth-order valence-corrected chi connectivity index (χ4v) is 1.89. The first-order valence-corrected chi connectivity index (χ1v) is 5.46. The number of hydrogen-bond acceptors (Lipinski definition) is 2. The number of aliphatic hydroxyl groups is 1. The van der Waals surface area contributed by atoms with Crippen molar-refractivity contribution in [1.29, 1.82) is 0 Å². The fraction of sp³-hybridized carbons (Fsp3) is 1.00. The molecule has 0 aromatic carbocycles. The van der Waals surface area contributed by atoms with Crippen molar-refractivity contribution in [3.8, 4) is 0 Å². The molecule has 1 aliphatic rings. The van der Waals surface area contributed by atoms with Crippen LogP contribution in [0.25, 0.3) is 0 Å². The monoisotopic (exact) mass is 200 g/mol. The largest absolute Gasteiger partial charge is 0.388 e. The van der Waals surface area contributed by atoms with Crippen molar-refractivity contribution in [1.82, 2.24) is 0 Å². The number of ether oxygens (including phenoxy) is 1. The zero-order valence-electron chi connectivity index (χ0n) is 10.3. The molecule has 2 unspecified atom stereocenters. The van der Waals surface area contributed by atoms with E-state index >= 15 is 0 Å². The average Bonchev–Trinajstić information content (AvgIpc) is 2.29. The second-order valence-electron chi connectivity index (χ2n) is 6.28. The van der Waals surface area contributed by atoms with Crippen molar-refractivity contribution in [2.24, 2.45) is 5.41 Å². The molecule has 84 valence electrons. The Morgan fingerprint density at radius 2 is 1.71 bits per heavy atom. The summed E-state index contributed by atoms with van der Waals surface area (Å²) >= 11 is 0. The zero-order chi connectivity index (χ0) is 11.2. The van der Waals surface area contributed by atoms with Crippen LogP contribution in [0.5, 0.6) is 0 Å². The van der Waals surface area contributed by atoms with Crippen molar-refractivity contribution < 1.29 is 9.84 Å². The van der Waals surface area contributed by atoms with Crippen LogP contribution >= 0.6 is 0 Å². The van der Waals surface area contributed by atoms with Crippen LogP contribution < -0.4 is 0 Å². The van der Waals surface area contributed by atoms with E-state index in [0.717, 1.165) is 12.8 Å². The first-order chi connectivity index (χ1) is 6.06. The van der Waals surface area contributed by atoms with Gasteiger partial charge in [0.15, 0.2) is 0 Å². The van der Waals surface area contributed by atoms with E-state index in [1.54, 1.807) is 0 Å². The minimum absolute atomic E-state index is 0.0216. The summed E-state index contributed by atoms with van der Waals surface area (Å²) in [4.78, 5) is 0. The van der Waals surface area contributed by atoms with Gasteiger partial charge in [0.25, 0.3) is 0 Å². The Bertz CT molecular complexity index is 209. The van der Waals surface area contributed by atoms with E-state index in [4.69, 9.17) is 4.74 Å². The van der Waals surface area contributed by atoms with Crippen LogP contribution in [0, 0.1) is 5.41 Å². The third kappa shape index (κ3) is 2.12. The lowest BCUT2D eigenvalue weighted by Gasteiger charge is -2.39. The van der Waals surface area contributed by atoms with Crippen LogP contribution in [0.2, 0.25) is 0 Å². The maximum absolute atomic E-state index is 9.89. The predicted octanol–water partition coefficient (Wildman–Crippen LogP) is 2.74. The summed E-state index contributed by atoms with van der Waals surface area (Å²) in [7, 11) is 0. The minimum atomic E-state index is -0.719. The third-order valence-electron chi connectivity index (χ3n) is 3.66. The van der Waals surface area contributed by atoms with Crippen molar-refractivity contribution in [2.45, 2.75) is 71.7 Å². The van der Waals surface area contributed by atoms with Gasteiger partial charge in [0, 0.05) is 0 Å². The van der Waals surface area contributed by atoms with Crippen LogP contribution in [0.3, 0.4) is 0 Å². The van der Waals surface area contributed by atoms with Crippen molar-refractivity contribution in [2.75, 3.05) is 0 Å². The maximum atomic E-state index is 9.89. The molecule has 2 nitrogen and oxygen atoms in total. The normalized spacial score (nSPS) is 34.9. The van der Waals surface area contributed by atoms with Gasteiger partial charge in [-0.25, -0.2) is 0 Å². The summed E-state index contributed by atoms with van der Waals surface area (Å²) in [5, 5.41) is 9.89. The van der Waals surface area contributed by atoms with E-state index in [2.05, 4.69) is 27.7 Å². The molecule has 1 fully saturated rings. The first kappa shape index (κ1) is 12.0. The topological polar surface area (TPSA) is 29.5 Å². The summed E-state index contributed by atoms with van der Waals surface area (Å²) in [6.07, 6.45) is 1.97. The van der Waals surface area contributed by atoms with Gasteiger partial charge in [0.1, 0.15) is 0 Å². The van der Waals surface area contributed by atoms with Crippen molar-refractivity contribution in [3.63, 3.8) is 0 Å². The Morgan fingerprint density at radius 3 is 1.93 bits per heavy atom. The van der Waals surface area contributed by atoms with Gasteiger partial charge in [-0.05, 0) is 39.0 Å². The van der Waals surface area contributed by atoms with Gasteiger partial charge in [-0.2, -0.15) is 0 Å². The molecule has 1 aliphatic heterocycles. The molecule has 1 rings (SSSR count). The molecule has 0 aliphatic carbocycles. The van der Waals surface area contributed by atoms with Gasteiger partial charge in [0.05, 0.1) is 17.3 Å². The average molecular weight is 200 g/mol. The summed E-state index contributed by atoms with van der Waals surface area (Å²) in [5.41, 5.74) is -0.687. The molecule has 2 heteroatoms. The van der Waals surface area contributed by atoms with Crippen molar-refractivity contribution >= 4 is 0 Å². The predicted molar refractivity (Wildman–Crippen MR) is 58.3 cm³/mol. The Hall–Kier alpha value is -0.0800. The Kier molecular flexibility index (Phi) is 2.75. The smallest absolute Gasteiger partial charge is 0.0865 e. The van der Waals surface area contributed by atoms with Gasteiger partial charge in [-0.1, -0.05) is 20.8 Å². The standard InChI is InChI=1S/C12H24O2/c1-10(2,3)12(6)8-7-9(14-12)11(4,5)13/h9,13H,7-8H2,1-6H3. The second kappa shape index (κ2) is 3.21. The van der Waals surface area contributed by atoms with E-state index in [1.807, 2.05) is 13.8 Å². The molecule has 1 heterocycles. The summed E-state index contributed by atoms with van der Waals surface area (Å²) < 4.78 is 6.03. The number of hydrogen-bond donors (Lipinski definition) is 1. The highest BCUT2D eigenvalue weighted by Gasteiger charge is 2.48. The lowest BCUT2D eigenvalue weighted by molar-refractivity contribution is -0.150. The van der Waals surface area contributed by atoms with Gasteiger partial charge < -0.3 is 9.84 Å². The van der Waals surface area contributed by atoms with E-state index in [1.165, 1.54) is 0 Å². The second-order valence-corrected chi connectivity index (χ2v) is 6.28. The molecule has 1 N–H and O–H groups in total. The minimum Gasteiger partial charge on any atom is -0.388 e. The van der Waals surface area contributed by atoms with Gasteiger partial charge in [0.2, 0.25) is 0 Å². The molecule has 0 amide bonds. The van der Waals surface area contributed by atoms with E-state index < -0.39 is 5.60 Å². The SMILES string of the molecule is CC(C)(O)C1CCC(C)(C(C)(C)C)O1. The molecule has 1 saturated heterocycles. The highest BCUT2D eigenvalue weighted by Crippen LogP contribution is 2.45. The van der Waals surface area contributed by atoms with E-state index in [0.29, 0.717) is 0 Å². The Balaban J connectivity index is 2.75. The third-order valence-corrected chi connectivity index (χ3v) is 3.66. The van der Waals surface area contributed by atoms with Gasteiger partial charge >= 0.3 is 0 Å². The highest BCUT2D eigenvalue weighted by molar-refractivity contribution is 4.97. The molecule has 0 radical (unpaired) electrons. The molecular formula is C12H24O2. The fourth-order valence-electron chi connectivity index (χ4n) is 1.89. The Morgan fingerprint density at radius 1 is 1.21 bits per heavy atom. The van der Waals surface area contributed by atoms with E-state index in [9.17, 15) is 5.11 Å². The molecule has 0 spiro atoms. The first-order valence-electron chi connectivity index (χ1n) is 5.46. The van der Waals surface area contributed by atoms with Gasteiger partial charge in [-0.15, -0.1) is 0 Å². The maximum Gasteiger partial charge on any atom is 0.0865 e. The van der Waals surface area contributed by atoms with Crippen LogP contribution in [0.4, 0.5) is 0 Å². The number of rotatable bonds is 1. The van der Waals surface area contributed by atoms with Crippen molar-refractivity contribution in [3.05, 3.63) is 0 Å². The van der Waals surface area contributed by atoms with Crippen LogP contribution in [-0.4, -0.2) is 22.4 Å². The molecule has 0 aromatic rings. The summed E-state index contributed by atoms with van der Waals surface area (Å²) in [6, 6.07) is 0. The molecule has 0 aromatic heterocycles. The lowest BCUT2D eigenvalue weighted by Crippen LogP contribution is -2.43. The molecule has 0 bridgehead atoms. The van der Waals surface area contributed by atoms with Crippen LogP contribution in [0.15, 0.2) is 0 Å². The summed E-state index contributed by atoms with van der Waals surface area (Å²) in [6.45, 7) is 12.4. The molecule has 0 saturated carbocycles. The van der Waals surface area contributed by atoms with Gasteiger partial charge in [-0.3, -0.25) is 0 Å². The van der Waals surface area contributed by atoms with E-state index in [-0.39, 0.29) is 17.1 Å². The molecule has 2 atom stereocenters. The Labute approximate surface area is 87.7 Å². The summed E-state index contributed by atoms with van der Waals surface area (Å²) in [5.74, 6) is 0. The lowest BCUT2D eigenvalue weighted by atomic mass is 9.76. The highest BCUT2D eigenvalue weighted by atomic mass is 16.5. The van der Waals surface area contributed by atoms with Crippen LogP contribution in [-0.2, 0) is 4.74 Å². The molecular weight excluding hydrogens is 176 g/mol. The van der Waals surface area contributed by atoms with Crippen LogP contribution in [0.1, 0.15) is 54.4 Å². The quantitative estimate of drug-likeness (QED) is 0.705. The zero-order valence-corrected chi connectivity index (χ0v) is 10.3. The molecule has 14 heavy (non-hydrogen) atoms.